The first-order valence-corrected chi connectivity index (χ1v) is 13.2. The van der Waals surface area contributed by atoms with Gasteiger partial charge in [0.25, 0.3) is 0 Å². The van der Waals surface area contributed by atoms with Crippen molar-refractivity contribution < 1.29 is 29.7 Å². The standard InChI is InChI=1S/C17H18O2.C8H14O2.C5H4O2S/c1-11-9-12(2)15(13(3)10-11)16(17(18)19)14-7-5-4-6-8-14;1-6-3-2-4-7(5-6)8(9)10;6-5(7)4-2-1-3-8-4/h4-10,16H,1-3H3,(H,18,19);6-7H,2-5H2,1H3,(H,9,10);1-3H,(H,6,7). The van der Waals surface area contributed by atoms with Gasteiger partial charge in [0.15, 0.2) is 0 Å². The van der Waals surface area contributed by atoms with E-state index >= 15 is 0 Å². The molecule has 0 saturated heterocycles. The van der Waals surface area contributed by atoms with E-state index in [0.29, 0.717) is 10.8 Å². The fourth-order valence-corrected chi connectivity index (χ4v) is 5.35. The number of hydrogen-bond acceptors (Lipinski definition) is 4. The highest BCUT2D eigenvalue weighted by molar-refractivity contribution is 7.11. The summed E-state index contributed by atoms with van der Waals surface area (Å²) in [5.41, 5.74) is 4.97. The van der Waals surface area contributed by atoms with E-state index in [-0.39, 0.29) is 5.92 Å². The molecule has 1 aromatic heterocycles. The van der Waals surface area contributed by atoms with Crippen LogP contribution >= 0.6 is 11.3 Å². The lowest BCUT2D eigenvalue weighted by Gasteiger charge is -2.22. The number of rotatable bonds is 5. The Hall–Kier alpha value is -3.45. The van der Waals surface area contributed by atoms with E-state index in [1.165, 1.54) is 17.8 Å². The van der Waals surface area contributed by atoms with Crippen molar-refractivity contribution in [2.75, 3.05) is 0 Å². The van der Waals surface area contributed by atoms with Crippen LogP contribution < -0.4 is 0 Å². The molecule has 0 aliphatic heterocycles. The average Bonchev–Trinajstić information content (AvgIpc) is 3.38. The number of carboxylic acids is 3. The van der Waals surface area contributed by atoms with Crippen molar-refractivity contribution in [3.8, 4) is 0 Å². The number of aryl methyl sites for hydroxylation is 3. The fraction of sp³-hybridized carbons (Fsp3) is 0.367. The zero-order chi connectivity index (χ0) is 27.5. The summed E-state index contributed by atoms with van der Waals surface area (Å²) in [5.74, 6) is -2.28. The molecular weight excluding hydrogens is 488 g/mol. The SMILES string of the molecule is CC1CCCC(C(=O)O)C1.Cc1cc(C)c(C(C(=O)O)c2ccccc2)c(C)c1.O=C(O)c1cccs1. The molecule has 1 heterocycles. The van der Waals surface area contributed by atoms with Gasteiger partial charge in [-0.25, -0.2) is 4.79 Å². The lowest BCUT2D eigenvalue weighted by atomic mass is 9.83. The Labute approximate surface area is 222 Å². The minimum atomic E-state index is -0.847. The Bertz CT molecular complexity index is 1150. The first-order chi connectivity index (χ1) is 17.5. The molecule has 1 saturated carbocycles. The first-order valence-electron chi connectivity index (χ1n) is 12.4. The van der Waals surface area contributed by atoms with Crippen LogP contribution in [0.5, 0.6) is 0 Å². The molecule has 1 aliphatic rings. The van der Waals surface area contributed by atoms with Crippen molar-refractivity contribution in [3.05, 3.63) is 92.7 Å². The third-order valence-electron chi connectivity index (χ3n) is 6.42. The van der Waals surface area contributed by atoms with Crippen molar-refractivity contribution >= 4 is 29.2 Å². The molecular formula is C30H36O6S. The van der Waals surface area contributed by atoms with Crippen LogP contribution in [-0.4, -0.2) is 33.2 Å². The number of hydrogen-bond donors (Lipinski definition) is 3. The largest absolute Gasteiger partial charge is 0.481 e. The molecule has 3 atom stereocenters. The van der Waals surface area contributed by atoms with Crippen LogP contribution in [0.2, 0.25) is 0 Å². The summed E-state index contributed by atoms with van der Waals surface area (Å²) in [7, 11) is 0. The molecule has 3 N–H and O–H groups in total. The molecule has 0 bridgehead atoms. The van der Waals surface area contributed by atoms with Crippen LogP contribution in [0.3, 0.4) is 0 Å². The molecule has 0 amide bonds. The van der Waals surface area contributed by atoms with E-state index in [9.17, 15) is 19.5 Å². The van der Waals surface area contributed by atoms with Crippen LogP contribution in [0, 0.1) is 32.6 Å². The predicted molar refractivity (Wildman–Crippen MR) is 147 cm³/mol. The van der Waals surface area contributed by atoms with Crippen LogP contribution in [0.25, 0.3) is 0 Å². The number of aromatic carboxylic acids is 1. The smallest absolute Gasteiger partial charge is 0.345 e. The van der Waals surface area contributed by atoms with Gasteiger partial charge in [-0.2, -0.15) is 0 Å². The average molecular weight is 525 g/mol. The fourth-order valence-electron chi connectivity index (χ4n) is 4.78. The van der Waals surface area contributed by atoms with E-state index in [1.807, 2.05) is 63.2 Å². The van der Waals surface area contributed by atoms with Gasteiger partial charge in [-0.05, 0) is 73.2 Å². The van der Waals surface area contributed by atoms with E-state index in [0.717, 1.165) is 47.1 Å². The van der Waals surface area contributed by atoms with Gasteiger partial charge in [-0.3, -0.25) is 9.59 Å². The van der Waals surface area contributed by atoms with Gasteiger partial charge in [0, 0.05) is 0 Å². The van der Waals surface area contributed by atoms with Gasteiger partial charge in [-0.15, -0.1) is 11.3 Å². The van der Waals surface area contributed by atoms with Gasteiger partial charge in [0.05, 0.1) is 5.92 Å². The van der Waals surface area contributed by atoms with Crippen LogP contribution in [0.15, 0.2) is 60.0 Å². The Morgan fingerprint density at radius 3 is 1.92 bits per heavy atom. The van der Waals surface area contributed by atoms with Gasteiger partial charge < -0.3 is 15.3 Å². The molecule has 1 aliphatic carbocycles. The van der Waals surface area contributed by atoms with E-state index in [1.54, 1.807) is 17.5 Å². The molecule has 4 rings (SSSR count). The molecule has 3 aromatic rings. The van der Waals surface area contributed by atoms with Gasteiger partial charge in [0.1, 0.15) is 10.8 Å². The summed E-state index contributed by atoms with van der Waals surface area (Å²) < 4.78 is 0. The van der Waals surface area contributed by atoms with Crippen LogP contribution in [0.1, 0.15) is 76.0 Å². The molecule has 0 radical (unpaired) electrons. The maximum absolute atomic E-state index is 11.7. The second-order valence-corrected chi connectivity index (χ2v) is 10.5. The zero-order valence-corrected chi connectivity index (χ0v) is 22.6. The summed E-state index contributed by atoms with van der Waals surface area (Å²) in [6.07, 6.45) is 4.08. The zero-order valence-electron chi connectivity index (χ0n) is 21.8. The Morgan fingerprint density at radius 2 is 1.51 bits per heavy atom. The van der Waals surface area contributed by atoms with Gasteiger partial charge >= 0.3 is 17.9 Å². The number of carbonyl (C=O) groups is 3. The van der Waals surface area contributed by atoms with Crippen molar-refractivity contribution in [1.29, 1.82) is 0 Å². The topological polar surface area (TPSA) is 112 Å². The third kappa shape index (κ3) is 9.17. The van der Waals surface area contributed by atoms with E-state index in [4.69, 9.17) is 10.2 Å². The Kier molecular flexibility index (Phi) is 11.5. The molecule has 37 heavy (non-hydrogen) atoms. The summed E-state index contributed by atoms with van der Waals surface area (Å²) in [5, 5.41) is 28.3. The van der Waals surface area contributed by atoms with E-state index in [2.05, 4.69) is 6.92 Å². The summed E-state index contributed by atoms with van der Waals surface area (Å²) in [6, 6.07) is 16.8. The van der Waals surface area contributed by atoms with Crippen molar-refractivity contribution in [3.63, 3.8) is 0 Å². The molecule has 198 valence electrons. The normalized spacial score (nSPS) is 17.3. The Morgan fingerprint density at radius 1 is 0.892 bits per heavy atom. The minimum absolute atomic E-state index is 0.0521. The molecule has 2 aromatic carbocycles. The van der Waals surface area contributed by atoms with Crippen LogP contribution in [0.4, 0.5) is 0 Å². The minimum Gasteiger partial charge on any atom is -0.481 e. The molecule has 7 heteroatoms. The second-order valence-electron chi connectivity index (χ2n) is 9.58. The number of carboxylic acid groups (broad SMARTS) is 3. The number of aliphatic carboxylic acids is 2. The monoisotopic (exact) mass is 524 g/mol. The highest BCUT2D eigenvalue weighted by atomic mass is 32.1. The van der Waals surface area contributed by atoms with Gasteiger partial charge in [-0.1, -0.05) is 73.9 Å². The van der Waals surface area contributed by atoms with Gasteiger partial charge in [0.2, 0.25) is 0 Å². The Balaban J connectivity index is 0.000000223. The lowest BCUT2D eigenvalue weighted by molar-refractivity contribution is -0.143. The summed E-state index contributed by atoms with van der Waals surface area (Å²) in [6.45, 7) is 8.12. The molecule has 3 unspecified atom stereocenters. The number of thiophene rings is 1. The second kappa shape index (κ2) is 14.3. The highest BCUT2D eigenvalue weighted by Gasteiger charge is 2.25. The van der Waals surface area contributed by atoms with Crippen molar-refractivity contribution in [2.45, 2.75) is 59.3 Å². The predicted octanol–water partition coefficient (Wildman–Crippen LogP) is 7.17. The van der Waals surface area contributed by atoms with Crippen molar-refractivity contribution in [1.82, 2.24) is 0 Å². The molecule has 1 fully saturated rings. The molecule has 6 nitrogen and oxygen atoms in total. The van der Waals surface area contributed by atoms with Crippen LogP contribution in [-0.2, 0) is 9.59 Å². The summed E-state index contributed by atoms with van der Waals surface area (Å²) in [4.78, 5) is 32.7. The maximum atomic E-state index is 11.7. The summed E-state index contributed by atoms with van der Waals surface area (Å²) >= 11 is 1.23. The van der Waals surface area contributed by atoms with E-state index < -0.39 is 23.8 Å². The first kappa shape index (κ1) is 29.8. The lowest BCUT2D eigenvalue weighted by Crippen LogP contribution is -2.20. The quantitative estimate of drug-likeness (QED) is 0.326. The maximum Gasteiger partial charge on any atom is 0.345 e. The molecule has 0 spiro atoms. The highest BCUT2D eigenvalue weighted by Crippen LogP contribution is 2.31. The number of benzene rings is 2. The third-order valence-corrected chi connectivity index (χ3v) is 7.28. The van der Waals surface area contributed by atoms with Crippen molar-refractivity contribution in [2.24, 2.45) is 11.8 Å².